The van der Waals surface area contributed by atoms with Crippen molar-refractivity contribution in [1.82, 2.24) is 10.2 Å². The lowest BCUT2D eigenvalue weighted by Crippen LogP contribution is -2.51. The van der Waals surface area contributed by atoms with E-state index in [1.165, 1.54) is 6.42 Å². The first kappa shape index (κ1) is 13.8. The van der Waals surface area contributed by atoms with Gasteiger partial charge >= 0.3 is 0 Å². The molecule has 3 atom stereocenters. The quantitative estimate of drug-likeness (QED) is 0.802. The Hall–Kier alpha value is -0.280. The average Bonchev–Trinajstić information content (AvgIpc) is 2.41. The standard InChI is InChI=1S/C12H22N2O.ClH/c1-8-4-9(2)14(7-8)12(15)10(3)11-5-13-6-11;/h8-11,13H,4-7H2,1-3H3;1H. The Kier molecular flexibility index (Phi) is 4.62. The number of nitrogens with zero attached hydrogens (tertiary/aromatic N) is 1. The summed E-state index contributed by atoms with van der Waals surface area (Å²) in [6, 6.07) is 0.447. The molecule has 0 aromatic heterocycles. The molecule has 0 aromatic carbocycles. The summed E-state index contributed by atoms with van der Waals surface area (Å²) in [6.45, 7) is 9.50. The number of nitrogens with one attached hydrogen (secondary N) is 1. The van der Waals surface area contributed by atoms with Crippen LogP contribution in [0, 0.1) is 17.8 Å². The van der Waals surface area contributed by atoms with Gasteiger partial charge in [-0.05, 0) is 38.3 Å². The Morgan fingerprint density at radius 1 is 1.38 bits per heavy atom. The topological polar surface area (TPSA) is 32.3 Å². The van der Waals surface area contributed by atoms with Crippen LogP contribution in [0.5, 0.6) is 0 Å². The number of amides is 1. The predicted molar refractivity (Wildman–Crippen MR) is 67.7 cm³/mol. The minimum Gasteiger partial charge on any atom is -0.339 e. The molecule has 0 radical (unpaired) electrons. The molecule has 0 saturated carbocycles. The van der Waals surface area contributed by atoms with Gasteiger partial charge in [-0.25, -0.2) is 0 Å². The SMILES string of the molecule is CC1CC(C)N(C(=O)C(C)C2CNC2)C1.Cl. The lowest BCUT2D eigenvalue weighted by molar-refractivity contribution is -0.138. The molecular formula is C12H23ClN2O. The average molecular weight is 247 g/mol. The number of rotatable bonds is 2. The molecule has 4 heteroatoms. The molecule has 2 heterocycles. The van der Waals surface area contributed by atoms with Gasteiger partial charge in [-0.1, -0.05) is 13.8 Å². The number of carbonyl (C=O) groups is 1. The summed E-state index contributed by atoms with van der Waals surface area (Å²) < 4.78 is 0. The zero-order valence-electron chi connectivity index (χ0n) is 10.4. The van der Waals surface area contributed by atoms with Crippen LogP contribution in [-0.2, 0) is 4.79 Å². The molecule has 0 bridgehead atoms. The van der Waals surface area contributed by atoms with Gasteiger partial charge in [0.2, 0.25) is 5.91 Å². The van der Waals surface area contributed by atoms with E-state index in [0.29, 0.717) is 23.8 Å². The number of hydrogen-bond donors (Lipinski definition) is 1. The van der Waals surface area contributed by atoms with Crippen LogP contribution in [0.15, 0.2) is 0 Å². The van der Waals surface area contributed by atoms with Crippen LogP contribution in [0.1, 0.15) is 27.2 Å². The minimum atomic E-state index is 0. The van der Waals surface area contributed by atoms with Crippen molar-refractivity contribution in [3.05, 3.63) is 0 Å². The Labute approximate surface area is 104 Å². The summed E-state index contributed by atoms with van der Waals surface area (Å²) in [5.41, 5.74) is 0. The Morgan fingerprint density at radius 3 is 2.38 bits per heavy atom. The highest BCUT2D eigenvalue weighted by molar-refractivity contribution is 5.85. The van der Waals surface area contributed by atoms with E-state index in [4.69, 9.17) is 0 Å². The maximum Gasteiger partial charge on any atom is 0.226 e. The van der Waals surface area contributed by atoms with Crippen LogP contribution in [-0.4, -0.2) is 36.5 Å². The first-order valence-corrected chi connectivity index (χ1v) is 6.10. The van der Waals surface area contributed by atoms with Crippen molar-refractivity contribution in [2.45, 2.75) is 33.2 Å². The summed E-state index contributed by atoms with van der Waals surface area (Å²) in [5.74, 6) is 1.83. The molecule has 2 rings (SSSR count). The normalized spacial score (nSPS) is 31.8. The summed E-state index contributed by atoms with van der Waals surface area (Å²) in [6.07, 6.45) is 1.17. The summed E-state index contributed by atoms with van der Waals surface area (Å²) >= 11 is 0. The minimum absolute atomic E-state index is 0. The molecule has 1 N–H and O–H groups in total. The molecule has 3 nitrogen and oxygen atoms in total. The van der Waals surface area contributed by atoms with E-state index in [1.54, 1.807) is 0 Å². The van der Waals surface area contributed by atoms with Crippen LogP contribution in [0.25, 0.3) is 0 Å². The van der Waals surface area contributed by atoms with E-state index < -0.39 is 0 Å². The Morgan fingerprint density at radius 2 is 2.00 bits per heavy atom. The second-order valence-electron chi connectivity index (χ2n) is 5.39. The molecule has 2 fully saturated rings. The Bertz CT molecular complexity index is 255. The largest absolute Gasteiger partial charge is 0.339 e. The highest BCUT2D eigenvalue weighted by Crippen LogP contribution is 2.27. The van der Waals surface area contributed by atoms with Crippen molar-refractivity contribution in [1.29, 1.82) is 0 Å². The van der Waals surface area contributed by atoms with E-state index in [9.17, 15) is 4.79 Å². The van der Waals surface area contributed by atoms with E-state index >= 15 is 0 Å². The third-order valence-corrected chi connectivity index (χ3v) is 3.98. The van der Waals surface area contributed by atoms with Crippen molar-refractivity contribution in [3.63, 3.8) is 0 Å². The van der Waals surface area contributed by atoms with Crippen molar-refractivity contribution >= 4 is 18.3 Å². The van der Waals surface area contributed by atoms with Crippen molar-refractivity contribution < 1.29 is 4.79 Å². The predicted octanol–water partition coefficient (Wildman–Crippen LogP) is 1.52. The van der Waals surface area contributed by atoms with Crippen molar-refractivity contribution in [2.75, 3.05) is 19.6 Å². The number of hydrogen-bond acceptors (Lipinski definition) is 2. The molecule has 94 valence electrons. The lowest BCUT2D eigenvalue weighted by atomic mass is 9.88. The second-order valence-corrected chi connectivity index (χ2v) is 5.39. The van der Waals surface area contributed by atoms with Crippen molar-refractivity contribution in [3.8, 4) is 0 Å². The molecule has 0 spiro atoms. The molecule has 3 unspecified atom stereocenters. The molecular weight excluding hydrogens is 224 g/mol. The van der Waals surface area contributed by atoms with Gasteiger partial charge in [0.1, 0.15) is 0 Å². The fraction of sp³-hybridized carbons (Fsp3) is 0.917. The molecule has 2 aliphatic rings. The first-order chi connectivity index (χ1) is 7.09. The fourth-order valence-electron chi connectivity index (χ4n) is 2.73. The lowest BCUT2D eigenvalue weighted by Gasteiger charge is -2.35. The summed E-state index contributed by atoms with van der Waals surface area (Å²) in [4.78, 5) is 14.3. The monoisotopic (exact) mass is 246 g/mol. The van der Waals surface area contributed by atoms with Gasteiger partial charge in [-0.2, -0.15) is 0 Å². The van der Waals surface area contributed by atoms with Crippen LogP contribution in [0.4, 0.5) is 0 Å². The van der Waals surface area contributed by atoms with Gasteiger partial charge in [0.25, 0.3) is 0 Å². The highest BCUT2D eigenvalue weighted by atomic mass is 35.5. The van der Waals surface area contributed by atoms with Crippen LogP contribution in [0.2, 0.25) is 0 Å². The molecule has 1 amide bonds. The fourth-order valence-corrected chi connectivity index (χ4v) is 2.73. The first-order valence-electron chi connectivity index (χ1n) is 6.10. The van der Waals surface area contributed by atoms with E-state index in [0.717, 1.165) is 19.6 Å². The third-order valence-electron chi connectivity index (χ3n) is 3.98. The van der Waals surface area contributed by atoms with Gasteiger partial charge in [0.15, 0.2) is 0 Å². The number of likely N-dealkylation sites (tertiary alicyclic amines) is 1. The Balaban J connectivity index is 0.00000128. The number of carbonyl (C=O) groups excluding carboxylic acids is 1. The highest BCUT2D eigenvalue weighted by Gasteiger charge is 2.36. The van der Waals surface area contributed by atoms with Gasteiger partial charge in [0, 0.05) is 18.5 Å². The van der Waals surface area contributed by atoms with Gasteiger partial charge in [-0.15, -0.1) is 12.4 Å². The van der Waals surface area contributed by atoms with E-state index in [1.807, 2.05) is 0 Å². The molecule has 0 aromatic rings. The summed E-state index contributed by atoms with van der Waals surface area (Å²) in [7, 11) is 0. The smallest absolute Gasteiger partial charge is 0.226 e. The van der Waals surface area contributed by atoms with Gasteiger partial charge in [0.05, 0.1) is 0 Å². The van der Waals surface area contributed by atoms with E-state index in [-0.39, 0.29) is 18.3 Å². The maximum atomic E-state index is 12.2. The van der Waals surface area contributed by atoms with E-state index in [2.05, 4.69) is 31.0 Å². The van der Waals surface area contributed by atoms with Gasteiger partial charge < -0.3 is 10.2 Å². The van der Waals surface area contributed by atoms with Crippen molar-refractivity contribution in [2.24, 2.45) is 17.8 Å². The second kappa shape index (κ2) is 5.37. The zero-order chi connectivity index (χ0) is 11.0. The molecule has 2 saturated heterocycles. The van der Waals surface area contributed by atoms with Gasteiger partial charge in [-0.3, -0.25) is 4.79 Å². The molecule has 0 aliphatic carbocycles. The molecule has 2 aliphatic heterocycles. The summed E-state index contributed by atoms with van der Waals surface area (Å²) in [5, 5.41) is 3.24. The zero-order valence-corrected chi connectivity index (χ0v) is 11.2. The third kappa shape index (κ3) is 2.51. The number of halogens is 1. The van der Waals surface area contributed by atoms with Crippen LogP contribution < -0.4 is 5.32 Å². The maximum absolute atomic E-state index is 12.2. The molecule has 16 heavy (non-hydrogen) atoms. The van der Waals surface area contributed by atoms with Crippen LogP contribution >= 0.6 is 12.4 Å². The van der Waals surface area contributed by atoms with Crippen LogP contribution in [0.3, 0.4) is 0 Å².